The van der Waals surface area contributed by atoms with Crippen LogP contribution in [0.2, 0.25) is 0 Å². The second-order valence-electron chi connectivity index (χ2n) is 8.09. The molecular formula is C21H28N8O. The Bertz CT molecular complexity index is 990. The molecule has 0 amide bonds. The Morgan fingerprint density at radius 1 is 1.03 bits per heavy atom. The second-order valence-corrected chi connectivity index (χ2v) is 8.09. The molecule has 5 N–H and O–H groups in total. The summed E-state index contributed by atoms with van der Waals surface area (Å²) in [6.07, 6.45) is 5.79. The van der Waals surface area contributed by atoms with Crippen LogP contribution in [-0.2, 0) is 4.74 Å². The van der Waals surface area contributed by atoms with Crippen molar-refractivity contribution >= 4 is 34.2 Å². The van der Waals surface area contributed by atoms with Gasteiger partial charge in [0.05, 0.1) is 24.8 Å². The van der Waals surface area contributed by atoms with E-state index in [0.717, 1.165) is 68.9 Å². The molecule has 0 atom stereocenters. The highest BCUT2D eigenvalue weighted by Gasteiger charge is 2.29. The highest BCUT2D eigenvalue weighted by molar-refractivity contribution is 5.90. The summed E-state index contributed by atoms with van der Waals surface area (Å²) >= 11 is 0. The van der Waals surface area contributed by atoms with Crippen molar-refractivity contribution in [2.24, 2.45) is 5.73 Å². The van der Waals surface area contributed by atoms with Crippen LogP contribution in [0.3, 0.4) is 0 Å². The maximum Gasteiger partial charge on any atom is 0.224 e. The fraction of sp³-hybridized carbons (Fsp3) is 0.476. The van der Waals surface area contributed by atoms with Gasteiger partial charge in [0, 0.05) is 36.5 Å². The average Bonchev–Trinajstić information content (AvgIpc) is 3.25. The van der Waals surface area contributed by atoms with Gasteiger partial charge in [-0.2, -0.15) is 15.1 Å². The highest BCUT2D eigenvalue weighted by Crippen LogP contribution is 2.37. The summed E-state index contributed by atoms with van der Waals surface area (Å²) < 4.78 is 5.48. The van der Waals surface area contributed by atoms with Crippen LogP contribution in [0, 0.1) is 0 Å². The van der Waals surface area contributed by atoms with Crippen molar-refractivity contribution in [3.05, 3.63) is 30.5 Å². The van der Waals surface area contributed by atoms with Gasteiger partial charge in [-0.25, -0.2) is 0 Å². The summed E-state index contributed by atoms with van der Waals surface area (Å²) in [6.45, 7) is 3.38. The van der Waals surface area contributed by atoms with Crippen molar-refractivity contribution in [1.29, 1.82) is 0 Å². The van der Waals surface area contributed by atoms with Crippen LogP contribution in [0.5, 0.6) is 0 Å². The molecule has 2 aliphatic rings. The molecule has 2 aromatic heterocycles. The van der Waals surface area contributed by atoms with Crippen LogP contribution in [0.25, 0.3) is 11.0 Å². The van der Waals surface area contributed by atoms with Crippen LogP contribution in [0.1, 0.15) is 25.7 Å². The first kappa shape index (κ1) is 19.1. The zero-order valence-corrected chi connectivity index (χ0v) is 17.0. The maximum atomic E-state index is 6.18. The van der Waals surface area contributed by atoms with Crippen LogP contribution >= 0.6 is 0 Å². The van der Waals surface area contributed by atoms with E-state index in [9.17, 15) is 0 Å². The van der Waals surface area contributed by atoms with Gasteiger partial charge in [0.25, 0.3) is 0 Å². The number of nitrogens with two attached hydrogens (primary N) is 2. The summed E-state index contributed by atoms with van der Waals surface area (Å²) in [7, 11) is 0. The molecule has 0 radical (unpaired) electrons. The van der Waals surface area contributed by atoms with Crippen LogP contribution < -0.4 is 21.3 Å². The molecule has 2 fully saturated rings. The van der Waals surface area contributed by atoms with E-state index in [2.05, 4.69) is 54.2 Å². The molecule has 3 aromatic rings. The molecule has 3 heterocycles. The van der Waals surface area contributed by atoms with Crippen molar-refractivity contribution < 1.29 is 4.74 Å². The van der Waals surface area contributed by atoms with E-state index in [1.165, 1.54) is 5.69 Å². The Balaban J connectivity index is 1.53. The SMILES string of the molecule is Nc1nc(N(c2ccc(N3CCOCC3)cc2)C2CCC(N)CC2)c2cn[nH]c2n1. The maximum absolute atomic E-state index is 6.18. The molecule has 1 saturated carbocycles. The molecule has 0 unspecified atom stereocenters. The minimum absolute atomic E-state index is 0.240. The van der Waals surface area contributed by atoms with E-state index >= 15 is 0 Å². The molecule has 1 aromatic carbocycles. The molecule has 0 spiro atoms. The standard InChI is InChI=1S/C21H28N8O/c22-14-1-3-16(4-2-14)29(20-18-13-24-27-19(18)25-21(23)26-20)17-7-5-15(6-8-17)28-9-11-30-12-10-28/h5-8,13-14,16H,1-4,9-12,22H2,(H3,23,24,25,26,27). The number of aromatic amines is 1. The lowest BCUT2D eigenvalue weighted by molar-refractivity contribution is 0.122. The summed E-state index contributed by atoms with van der Waals surface area (Å²) in [4.78, 5) is 13.6. The Labute approximate surface area is 175 Å². The average molecular weight is 409 g/mol. The topological polar surface area (TPSA) is 122 Å². The van der Waals surface area contributed by atoms with Crippen molar-refractivity contribution in [3.8, 4) is 0 Å². The van der Waals surface area contributed by atoms with Crippen LogP contribution in [0.15, 0.2) is 30.5 Å². The second kappa shape index (κ2) is 8.08. The lowest BCUT2D eigenvalue weighted by Gasteiger charge is -2.37. The number of morpholine rings is 1. The van der Waals surface area contributed by atoms with E-state index in [1.54, 1.807) is 6.20 Å². The Morgan fingerprint density at radius 2 is 1.77 bits per heavy atom. The number of nitrogen functional groups attached to an aromatic ring is 1. The Kier molecular flexibility index (Phi) is 5.14. The third-order valence-electron chi connectivity index (χ3n) is 6.15. The predicted octanol–water partition coefficient (Wildman–Crippen LogP) is 2.18. The number of fused-ring (bicyclic) bond motifs is 1. The number of hydrogen-bond donors (Lipinski definition) is 3. The molecule has 0 bridgehead atoms. The van der Waals surface area contributed by atoms with Gasteiger partial charge < -0.3 is 26.0 Å². The molecule has 1 aliphatic heterocycles. The monoisotopic (exact) mass is 408 g/mol. The first-order valence-electron chi connectivity index (χ1n) is 10.6. The number of nitrogens with zero attached hydrogens (tertiary/aromatic N) is 5. The first-order valence-corrected chi connectivity index (χ1v) is 10.6. The highest BCUT2D eigenvalue weighted by atomic mass is 16.5. The van der Waals surface area contributed by atoms with Gasteiger partial charge in [-0.05, 0) is 49.9 Å². The molecule has 1 aliphatic carbocycles. The van der Waals surface area contributed by atoms with E-state index in [1.807, 2.05) is 0 Å². The first-order chi connectivity index (χ1) is 14.7. The van der Waals surface area contributed by atoms with E-state index in [-0.39, 0.29) is 12.0 Å². The number of nitrogens with one attached hydrogen (secondary N) is 1. The number of anilines is 4. The van der Waals surface area contributed by atoms with E-state index in [4.69, 9.17) is 16.2 Å². The van der Waals surface area contributed by atoms with Gasteiger partial charge in [-0.15, -0.1) is 0 Å². The molecule has 9 nitrogen and oxygen atoms in total. The lowest BCUT2D eigenvalue weighted by atomic mass is 9.90. The van der Waals surface area contributed by atoms with E-state index < -0.39 is 0 Å². The molecule has 9 heteroatoms. The largest absolute Gasteiger partial charge is 0.378 e. The van der Waals surface area contributed by atoms with Crippen molar-refractivity contribution in [2.75, 3.05) is 41.8 Å². The van der Waals surface area contributed by atoms with Crippen molar-refractivity contribution in [1.82, 2.24) is 20.2 Å². The fourth-order valence-corrected chi connectivity index (χ4v) is 4.53. The van der Waals surface area contributed by atoms with Crippen LogP contribution in [0.4, 0.5) is 23.1 Å². The number of aromatic nitrogens is 4. The molecular weight excluding hydrogens is 380 g/mol. The predicted molar refractivity (Wildman–Crippen MR) is 118 cm³/mol. The lowest BCUT2D eigenvalue weighted by Crippen LogP contribution is -2.39. The summed E-state index contributed by atoms with van der Waals surface area (Å²) in [5.41, 5.74) is 15.2. The minimum atomic E-state index is 0.240. The number of ether oxygens (including phenoxy) is 1. The zero-order chi connectivity index (χ0) is 20.5. The smallest absolute Gasteiger partial charge is 0.224 e. The van der Waals surface area contributed by atoms with Gasteiger partial charge in [-0.3, -0.25) is 5.10 Å². The minimum Gasteiger partial charge on any atom is -0.378 e. The number of hydrogen-bond acceptors (Lipinski definition) is 8. The number of benzene rings is 1. The summed E-state index contributed by atoms with van der Waals surface area (Å²) in [6, 6.07) is 9.27. The zero-order valence-electron chi connectivity index (χ0n) is 17.0. The quantitative estimate of drug-likeness (QED) is 0.600. The van der Waals surface area contributed by atoms with E-state index in [0.29, 0.717) is 11.7 Å². The van der Waals surface area contributed by atoms with Gasteiger partial charge in [0.2, 0.25) is 5.95 Å². The fourth-order valence-electron chi connectivity index (χ4n) is 4.53. The third kappa shape index (κ3) is 3.66. The van der Waals surface area contributed by atoms with Crippen molar-refractivity contribution in [2.45, 2.75) is 37.8 Å². The number of H-pyrrole nitrogens is 1. The van der Waals surface area contributed by atoms with Gasteiger partial charge in [-0.1, -0.05) is 0 Å². The molecule has 158 valence electrons. The normalized spacial score (nSPS) is 22.4. The van der Waals surface area contributed by atoms with Crippen molar-refractivity contribution in [3.63, 3.8) is 0 Å². The summed E-state index contributed by atoms with van der Waals surface area (Å²) in [5, 5.41) is 7.96. The third-order valence-corrected chi connectivity index (χ3v) is 6.15. The number of rotatable bonds is 4. The van der Waals surface area contributed by atoms with Gasteiger partial charge in [0.1, 0.15) is 5.82 Å². The van der Waals surface area contributed by atoms with Gasteiger partial charge >= 0.3 is 0 Å². The Morgan fingerprint density at radius 3 is 2.50 bits per heavy atom. The molecule has 30 heavy (non-hydrogen) atoms. The molecule has 1 saturated heterocycles. The van der Waals surface area contributed by atoms with Crippen LogP contribution in [-0.4, -0.2) is 58.6 Å². The summed E-state index contributed by atoms with van der Waals surface area (Å²) in [5.74, 6) is 1.04. The molecule has 5 rings (SSSR count). The Hall–Kier alpha value is -2.91. The van der Waals surface area contributed by atoms with Gasteiger partial charge in [0.15, 0.2) is 5.65 Å².